The number of fused-ring (bicyclic) bond motifs is 1. The molecular weight excluding hydrogens is 240 g/mol. The second-order valence-electron chi connectivity index (χ2n) is 5.02. The number of hydrogen-bond acceptors (Lipinski definition) is 3. The van der Waals surface area contributed by atoms with E-state index in [4.69, 9.17) is 5.73 Å². The van der Waals surface area contributed by atoms with Crippen molar-refractivity contribution in [1.29, 1.82) is 0 Å². The van der Waals surface area contributed by atoms with E-state index in [0.29, 0.717) is 12.1 Å². The summed E-state index contributed by atoms with van der Waals surface area (Å²) in [6.07, 6.45) is 4.95. The molecule has 0 saturated carbocycles. The third-order valence-corrected chi connectivity index (χ3v) is 3.87. The summed E-state index contributed by atoms with van der Waals surface area (Å²) in [5.41, 5.74) is 7.29. The lowest BCUT2D eigenvalue weighted by Gasteiger charge is -2.35. The van der Waals surface area contributed by atoms with Gasteiger partial charge in [-0.25, -0.2) is 0 Å². The Morgan fingerprint density at radius 3 is 3.21 bits per heavy atom. The van der Waals surface area contributed by atoms with Crippen molar-refractivity contribution in [3.63, 3.8) is 0 Å². The SMILES string of the molecule is NC[C@@H]1CCCCN1C(=O)c1cccc2cn[nH]c12. The lowest BCUT2D eigenvalue weighted by molar-refractivity contribution is 0.0625. The second-order valence-corrected chi connectivity index (χ2v) is 5.02. The van der Waals surface area contributed by atoms with Crippen LogP contribution in [0.2, 0.25) is 0 Å². The number of nitrogens with two attached hydrogens (primary N) is 1. The number of nitrogens with zero attached hydrogens (tertiary/aromatic N) is 2. The Morgan fingerprint density at radius 2 is 2.37 bits per heavy atom. The van der Waals surface area contributed by atoms with Gasteiger partial charge in [0.25, 0.3) is 5.91 Å². The number of piperidine rings is 1. The number of amides is 1. The van der Waals surface area contributed by atoms with Crippen molar-refractivity contribution in [3.8, 4) is 0 Å². The van der Waals surface area contributed by atoms with E-state index in [1.807, 2.05) is 23.1 Å². The molecule has 0 aliphatic carbocycles. The molecule has 0 unspecified atom stereocenters. The molecule has 0 radical (unpaired) electrons. The maximum absolute atomic E-state index is 12.7. The Hall–Kier alpha value is -1.88. The van der Waals surface area contributed by atoms with Crippen LogP contribution in [0.25, 0.3) is 10.9 Å². The van der Waals surface area contributed by atoms with Crippen LogP contribution in [0.5, 0.6) is 0 Å². The first kappa shape index (κ1) is 12.2. The van der Waals surface area contributed by atoms with Crippen molar-refractivity contribution < 1.29 is 4.79 Å². The van der Waals surface area contributed by atoms with Gasteiger partial charge in [0.05, 0.1) is 17.3 Å². The van der Waals surface area contributed by atoms with Gasteiger partial charge in [-0.05, 0) is 25.3 Å². The van der Waals surface area contributed by atoms with Gasteiger partial charge < -0.3 is 10.6 Å². The molecule has 1 saturated heterocycles. The van der Waals surface area contributed by atoms with Crippen LogP contribution in [-0.2, 0) is 0 Å². The Kier molecular flexibility index (Phi) is 3.21. The second kappa shape index (κ2) is 5.01. The van der Waals surface area contributed by atoms with Crippen molar-refractivity contribution in [1.82, 2.24) is 15.1 Å². The first-order valence-electron chi connectivity index (χ1n) is 6.74. The summed E-state index contributed by atoms with van der Waals surface area (Å²) >= 11 is 0. The molecule has 1 fully saturated rings. The van der Waals surface area contributed by atoms with Crippen molar-refractivity contribution >= 4 is 16.8 Å². The topological polar surface area (TPSA) is 75.0 Å². The minimum Gasteiger partial charge on any atom is -0.334 e. The molecule has 1 amide bonds. The molecule has 0 spiro atoms. The van der Waals surface area contributed by atoms with E-state index in [2.05, 4.69) is 10.2 Å². The average Bonchev–Trinajstić information content (AvgIpc) is 2.94. The van der Waals surface area contributed by atoms with Crippen LogP contribution in [0.1, 0.15) is 29.6 Å². The number of nitrogens with one attached hydrogen (secondary N) is 1. The largest absolute Gasteiger partial charge is 0.334 e. The molecule has 5 heteroatoms. The molecule has 1 aliphatic rings. The van der Waals surface area contributed by atoms with Crippen LogP contribution in [0.4, 0.5) is 0 Å². The van der Waals surface area contributed by atoms with Gasteiger partial charge in [-0.2, -0.15) is 5.10 Å². The average molecular weight is 258 g/mol. The van der Waals surface area contributed by atoms with Crippen molar-refractivity contribution in [2.24, 2.45) is 5.73 Å². The van der Waals surface area contributed by atoms with E-state index in [9.17, 15) is 4.79 Å². The van der Waals surface area contributed by atoms with Gasteiger partial charge in [-0.15, -0.1) is 0 Å². The number of carbonyl (C=O) groups excluding carboxylic acids is 1. The summed E-state index contributed by atoms with van der Waals surface area (Å²) in [6, 6.07) is 5.86. The summed E-state index contributed by atoms with van der Waals surface area (Å²) in [5.74, 6) is 0.0602. The van der Waals surface area contributed by atoms with Gasteiger partial charge in [0.15, 0.2) is 0 Å². The number of carbonyl (C=O) groups is 1. The molecule has 100 valence electrons. The van der Waals surface area contributed by atoms with E-state index in [1.165, 1.54) is 0 Å². The van der Waals surface area contributed by atoms with Crippen LogP contribution in [-0.4, -0.2) is 40.1 Å². The highest BCUT2D eigenvalue weighted by Gasteiger charge is 2.27. The zero-order chi connectivity index (χ0) is 13.2. The molecule has 3 rings (SSSR count). The molecule has 1 aromatic carbocycles. The van der Waals surface area contributed by atoms with Gasteiger partial charge in [0.1, 0.15) is 0 Å². The van der Waals surface area contributed by atoms with Gasteiger partial charge in [-0.3, -0.25) is 9.89 Å². The highest BCUT2D eigenvalue weighted by Crippen LogP contribution is 2.22. The number of likely N-dealkylation sites (tertiary alicyclic amines) is 1. The summed E-state index contributed by atoms with van der Waals surface area (Å²) in [7, 11) is 0. The maximum atomic E-state index is 12.7. The molecule has 19 heavy (non-hydrogen) atoms. The van der Waals surface area contributed by atoms with Crippen LogP contribution in [0.3, 0.4) is 0 Å². The molecular formula is C14H18N4O. The van der Waals surface area contributed by atoms with Gasteiger partial charge in [-0.1, -0.05) is 12.1 Å². The fourth-order valence-corrected chi connectivity index (χ4v) is 2.81. The number of benzene rings is 1. The molecule has 1 aliphatic heterocycles. The molecule has 1 aromatic heterocycles. The van der Waals surface area contributed by atoms with Crippen molar-refractivity contribution in [2.75, 3.05) is 13.1 Å². The number of aromatic nitrogens is 2. The summed E-state index contributed by atoms with van der Waals surface area (Å²) in [5, 5.41) is 7.89. The molecule has 5 nitrogen and oxygen atoms in total. The first-order valence-corrected chi connectivity index (χ1v) is 6.74. The number of hydrogen-bond donors (Lipinski definition) is 2. The van der Waals surface area contributed by atoms with Gasteiger partial charge in [0, 0.05) is 24.5 Å². The highest BCUT2D eigenvalue weighted by atomic mass is 16.2. The monoisotopic (exact) mass is 258 g/mol. The lowest BCUT2D eigenvalue weighted by atomic mass is 10.0. The maximum Gasteiger partial charge on any atom is 0.256 e. The summed E-state index contributed by atoms with van der Waals surface area (Å²) in [4.78, 5) is 14.6. The predicted molar refractivity (Wildman–Crippen MR) is 73.8 cm³/mol. The smallest absolute Gasteiger partial charge is 0.256 e. The van der Waals surface area contributed by atoms with E-state index in [1.54, 1.807) is 6.20 Å². The number of rotatable bonds is 2. The van der Waals surface area contributed by atoms with Crippen LogP contribution >= 0.6 is 0 Å². The zero-order valence-corrected chi connectivity index (χ0v) is 10.8. The van der Waals surface area contributed by atoms with Crippen LogP contribution in [0.15, 0.2) is 24.4 Å². The molecule has 2 aromatic rings. The van der Waals surface area contributed by atoms with Crippen LogP contribution in [0, 0.1) is 0 Å². The van der Waals surface area contributed by atoms with E-state index >= 15 is 0 Å². The first-order chi connectivity index (χ1) is 9.31. The third-order valence-electron chi connectivity index (χ3n) is 3.87. The predicted octanol–water partition coefficient (Wildman–Crippen LogP) is 1.52. The Labute approximate surface area is 111 Å². The minimum atomic E-state index is 0.0602. The molecule has 3 N–H and O–H groups in total. The highest BCUT2D eigenvalue weighted by molar-refractivity contribution is 6.05. The molecule has 1 atom stereocenters. The van der Waals surface area contributed by atoms with E-state index in [0.717, 1.165) is 36.7 Å². The van der Waals surface area contributed by atoms with E-state index < -0.39 is 0 Å². The standard InChI is InChI=1S/C14H18N4O/c15-8-11-5-1-2-7-18(11)14(19)12-6-3-4-10-9-16-17-13(10)12/h3-4,6,9,11H,1-2,5,7-8,15H2,(H,16,17)/t11-/m0/s1. The summed E-state index contributed by atoms with van der Waals surface area (Å²) in [6.45, 7) is 1.33. The Morgan fingerprint density at radius 1 is 1.47 bits per heavy atom. The third kappa shape index (κ3) is 2.10. The normalized spacial score (nSPS) is 19.8. The Bertz CT molecular complexity index is 592. The summed E-state index contributed by atoms with van der Waals surface area (Å²) < 4.78 is 0. The lowest BCUT2D eigenvalue weighted by Crippen LogP contribution is -2.47. The minimum absolute atomic E-state index is 0.0602. The number of para-hydroxylation sites is 1. The van der Waals surface area contributed by atoms with Gasteiger partial charge in [0.2, 0.25) is 0 Å². The quantitative estimate of drug-likeness (QED) is 0.857. The molecule has 2 heterocycles. The van der Waals surface area contributed by atoms with Gasteiger partial charge >= 0.3 is 0 Å². The Balaban J connectivity index is 1.96. The number of aromatic amines is 1. The van der Waals surface area contributed by atoms with Crippen molar-refractivity contribution in [2.45, 2.75) is 25.3 Å². The molecule has 0 bridgehead atoms. The fraction of sp³-hybridized carbons (Fsp3) is 0.429. The van der Waals surface area contributed by atoms with Crippen molar-refractivity contribution in [3.05, 3.63) is 30.0 Å². The van der Waals surface area contributed by atoms with E-state index in [-0.39, 0.29) is 11.9 Å². The van der Waals surface area contributed by atoms with Crippen LogP contribution < -0.4 is 5.73 Å². The fourth-order valence-electron chi connectivity index (χ4n) is 2.81. The zero-order valence-electron chi connectivity index (χ0n) is 10.8. The number of H-pyrrole nitrogens is 1.